The van der Waals surface area contributed by atoms with Crippen molar-refractivity contribution in [3.8, 4) is 0 Å². The van der Waals surface area contributed by atoms with Crippen LogP contribution >= 0.6 is 0 Å². The molecule has 0 spiro atoms. The molecule has 44 valence electrons. The van der Waals surface area contributed by atoms with Crippen molar-refractivity contribution in [2.75, 3.05) is 13.7 Å². The predicted octanol–water partition coefficient (Wildman–Crippen LogP) is 0.991. The number of hydrogen-bond acceptors (Lipinski definition) is 2. The maximum absolute atomic E-state index is 4.85. The van der Waals surface area contributed by atoms with Crippen molar-refractivity contribution >= 4 is 5.71 Å². The summed E-state index contributed by atoms with van der Waals surface area (Å²) in [5.41, 5.74) is 1.12. The van der Waals surface area contributed by atoms with E-state index in [1.54, 1.807) is 7.11 Å². The smallest absolute Gasteiger partial charge is 0.0847 e. The Labute approximate surface area is 48.9 Å². The first-order chi connectivity index (χ1) is 3.93. The Hall–Kier alpha value is -0.630. The maximum atomic E-state index is 4.85. The van der Waals surface area contributed by atoms with Crippen molar-refractivity contribution in [3.63, 3.8) is 0 Å². The molecule has 0 aliphatic carbocycles. The van der Waals surface area contributed by atoms with Gasteiger partial charge in [0.05, 0.1) is 6.61 Å². The van der Waals surface area contributed by atoms with E-state index in [0.717, 1.165) is 12.1 Å². The lowest BCUT2D eigenvalue weighted by atomic mass is 10.3. The number of methoxy groups -OCH3 is 1. The molecule has 0 fully saturated rings. The second-order valence-corrected chi connectivity index (χ2v) is 1.72. The van der Waals surface area contributed by atoms with Crippen molar-refractivity contribution in [3.05, 3.63) is 12.3 Å². The summed E-state index contributed by atoms with van der Waals surface area (Å²) < 4.78 is 4.85. The van der Waals surface area contributed by atoms with Gasteiger partial charge in [-0.15, -0.1) is 0 Å². The maximum Gasteiger partial charge on any atom is 0.0847 e. The highest BCUT2D eigenvalue weighted by molar-refractivity contribution is 5.89. The molecule has 0 amide bonds. The summed E-state index contributed by atoms with van der Waals surface area (Å²) in [6, 6.07) is 0. The van der Waals surface area contributed by atoms with E-state index in [2.05, 4.69) is 4.99 Å². The van der Waals surface area contributed by atoms with E-state index in [1.807, 2.05) is 12.3 Å². The van der Waals surface area contributed by atoms with Crippen molar-refractivity contribution in [2.45, 2.75) is 6.42 Å². The molecule has 0 N–H and O–H groups in total. The second kappa shape index (κ2) is 2.62. The first kappa shape index (κ1) is 5.51. The highest BCUT2D eigenvalue weighted by Crippen LogP contribution is 1.98. The highest BCUT2D eigenvalue weighted by atomic mass is 16.5. The monoisotopic (exact) mass is 111 g/mol. The Morgan fingerprint density at radius 1 is 1.88 bits per heavy atom. The molecule has 0 atom stereocenters. The van der Waals surface area contributed by atoms with Crippen molar-refractivity contribution in [2.24, 2.45) is 4.99 Å². The van der Waals surface area contributed by atoms with Crippen molar-refractivity contribution in [1.29, 1.82) is 0 Å². The standard InChI is InChI=1S/C6H9NO/c1-8-5-6-3-2-4-7-6/h2,4H,3,5H2,1H3. The average Bonchev–Trinajstić information content (AvgIpc) is 2.19. The van der Waals surface area contributed by atoms with Gasteiger partial charge in [0.2, 0.25) is 0 Å². The lowest BCUT2D eigenvalue weighted by molar-refractivity contribution is 0.244. The zero-order chi connectivity index (χ0) is 5.82. The molecule has 0 aromatic rings. The molecule has 0 saturated carbocycles. The molecule has 1 aliphatic heterocycles. The number of ether oxygens (including phenoxy) is 1. The van der Waals surface area contributed by atoms with E-state index >= 15 is 0 Å². The number of nitrogens with zero attached hydrogens (tertiary/aromatic N) is 1. The Balaban J connectivity index is 2.28. The molecule has 0 aromatic carbocycles. The van der Waals surface area contributed by atoms with Crippen molar-refractivity contribution in [1.82, 2.24) is 0 Å². The summed E-state index contributed by atoms with van der Waals surface area (Å²) in [7, 11) is 1.68. The molecule has 1 rings (SSSR count). The Bertz CT molecular complexity index is 126. The molecule has 8 heavy (non-hydrogen) atoms. The van der Waals surface area contributed by atoms with Crippen LogP contribution in [0.15, 0.2) is 17.3 Å². The first-order valence-electron chi connectivity index (χ1n) is 2.63. The summed E-state index contributed by atoms with van der Waals surface area (Å²) in [5, 5.41) is 0. The molecule has 0 saturated heterocycles. The number of rotatable bonds is 2. The van der Waals surface area contributed by atoms with Gasteiger partial charge < -0.3 is 4.74 Å². The van der Waals surface area contributed by atoms with Crippen LogP contribution in [0.3, 0.4) is 0 Å². The Kier molecular flexibility index (Phi) is 1.80. The van der Waals surface area contributed by atoms with Gasteiger partial charge in [-0.25, -0.2) is 0 Å². The zero-order valence-electron chi connectivity index (χ0n) is 4.92. The van der Waals surface area contributed by atoms with Crippen LogP contribution < -0.4 is 0 Å². The van der Waals surface area contributed by atoms with Crippen LogP contribution in [-0.4, -0.2) is 19.4 Å². The quantitative estimate of drug-likeness (QED) is 0.520. The van der Waals surface area contributed by atoms with Gasteiger partial charge in [-0.1, -0.05) is 6.08 Å². The molecule has 2 heteroatoms. The number of aliphatic imine (C=N–C) groups is 1. The third kappa shape index (κ3) is 1.17. The fourth-order valence-electron chi connectivity index (χ4n) is 0.662. The van der Waals surface area contributed by atoms with E-state index in [-0.39, 0.29) is 0 Å². The van der Waals surface area contributed by atoms with E-state index in [1.165, 1.54) is 0 Å². The zero-order valence-corrected chi connectivity index (χ0v) is 4.92. The molecule has 0 unspecified atom stereocenters. The van der Waals surface area contributed by atoms with Gasteiger partial charge in [-0.3, -0.25) is 4.99 Å². The van der Waals surface area contributed by atoms with Gasteiger partial charge in [-0.2, -0.15) is 0 Å². The molecule has 0 aromatic heterocycles. The van der Waals surface area contributed by atoms with Gasteiger partial charge in [0.25, 0.3) is 0 Å². The molecule has 0 radical (unpaired) electrons. The second-order valence-electron chi connectivity index (χ2n) is 1.72. The fraction of sp³-hybridized carbons (Fsp3) is 0.500. The highest BCUT2D eigenvalue weighted by Gasteiger charge is 1.97. The normalized spacial score (nSPS) is 16.9. The summed E-state index contributed by atoms with van der Waals surface area (Å²) in [5.74, 6) is 0. The van der Waals surface area contributed by atoms with Crippen LogP contribution in [0.1, 0.15) is 6.42 Å². The minimum atomic E-state index is 0.674. The average molecular weight is 111 g/mol. The van der Waals surface area contributed by atoms with Crippen LogP contribution in [-0.2, 0) is 4.74 Å². The first-order valence-corrected chi connectivity index (χ1v) is 2.63. The van der Waals surface area contributed by atoms with Crippen LogP contribution in [0, 0.1) is 0 Å². The topological polar surface area (TPSA) is 21.6 Å². The SMILES string of the molecule is COCC1=NC=CC1. The van der Waals surface area contributed by atoms with E-state index < -0.39 is 0 Å². The minimum Gasteiger partial charge on any atom is -0.379 e. The van der Waals surface area contributed by atoms with Crippen LogP contribution in [0.5, 0.6) is 0 Å². The van der Waals surface area contributed by atoms with E-state index in [9.17, 15) is 0 Å². The summed E-state index contributed by atoms with van der Waals surface area (Å²) in [4.78, 5) is 4.04. The van der Waals surface area contributed by atoms with Crippen LogP contribution in [0.4, 0.5) is 0 Å². The molecule has 0 bridgehead atoms. The molecule has 2 nitrogen and oxygen atoms in total. The third-order valence-corrected chi connectivity index (χ3v) is 1.03. The summed E-state index contributed by atoms with van der Waals surface area (Å²) >= 11 is 0. The fourth-order valence-corrected chi connectivity index (χ4v) is 0.662. The lowest BCUT2D eigenvalue weighted by Gasteiger charge is -1.93. The Morgan fingerprint density at radius 3 is 3.25 bits per heavy atom. The minimum absolute atomic E-state index is 0.674. The van der Waals surface area contributed by atoms with Gasteiger partial charge in [0, 0.05) is 25.4 Å². The lowest BCUT2D eigenvalue weighted by Crippen LogP contribution is -2.02. The van der Waals surface area contributed by atoms with Gasteiger partial charge in [0.15, 0.2) is 0 Å². The predicted molar refractivity (Wildman–Crippen MR) is 33.1 cm³/mol. The van der Waals surface area contributed by atoms with Crippen LogP contribution in [0.25, 0.3) is 0 Å². The number of allylic oxidation sites excluding steroid dienone is 1. The molecular weight excluding hydrogens is 102 g/mol. The summed E-state index contributed by atoms with van der Waals surface area (Å²) in [6.45, 7) is 0.674. The molecular formula is C6H9NO. The van der Waals surface area contributed by atoms with Gasteiger partial charge in [-0.05, 0) is 0 Å². The Morgan fingerprint density at radius 2 is 2.75 bits per heavy atom. The number of hydrogen-bond donors (Lipinski definition) is 0. The van der Waals surface area contributed by atoms with Crippen molar-refractivity contribution < 1.29 is 4.74 Å². The molecule has 1 heterocycles. The van der Waals surface area contributed by atoms with Crippen LogP contribution in [0.2, 0.25) is 0 Å². The van der Waals surface area contributed by atoms with Gasteiger partial charge >= 0.3 is 0 Å². The van der Waals surface area contributed by atoms with E-state index in [4.69, 9.17) is 4.74 Å². The largest absolute Gasteiger partial charge is 0.379 e. The van der Waals surface area contributed by atoms with E-state index in [0.29, 0.717) is 6.61 Å². The summed E-state index contributed by atoms with van der Waals surface area (Å²) in [6.07, 6.45) is 4.80. The van der Waals surface area contributed by atoms with Gasteiger partial charge in [0.1, 0.15) is 0 Å². The molecule has 1 aliphatic rings. The third-order valence-electron chi connectivity index (χ3n) is 1.03.